The molecule has 0 amide bonds. The van der Waals surface area contributed by atoms with Crippen LogP contribution in [0.15, 0.2) is 41.6 Å². The normalized spacial score (nSPS) is 10.3. The number of carbonyl (C=O) groups is 1. The summed E-state index contributed by atoms with van der Waals surface area (Å²) in [7, 11) is 0. The van der Waals surface area contributed by atoms with E-state index in [4.69, 9.17) is 5.11 Å². The smallest absolute Gasteiger partial charge is 0.338 e. The summed E-state index contributed by atoms with van der Waals surface area (Å²) < 4.78 is 0. The lowest BCUT2D eigenvalue weighted by Gasteiger charge is -2.02. The van der Waals surface area contributed by atoms with E-state index in [0.29, 0.717) is 5.82 Å². The molecule has 0 spiro atoms. The summed E-state index contributed by atoms with van der Waals surface area (Å²) in [4.78, 5) is 20.0. The highest BCUT2D eigenvalue weighted by Crippen LogP contribution is 2.21. The van der Waals surface area contributed by atoms with Crippen molar-refractivity contribution in [3.63, 3.8) is 0 Å². The van der Waals surface area contributed by atoms with Crippen molar-refractivity contribution in [1.29, 1.82) is 0 Å². The lowest BCUT2D eigenvalue weighted by Crippen LogP contribution is -1.99. The quantitative estimate of drug-likeness (QED) is 0.856. The maximum absolute atomic E-state index is 10.7. The summed E-state index contributed by atoms with van der Waals surface area (Å²) in [6.45, 7) is 2.10. The maximum Gasteiger partial charge on any atom is 0.338 e. The fraction of sp³-hybridized carbons (Fsp3) is 0.154. The molecular formula is C13H12N2O2S. The largest absolute Gasteiger partial charge is 0.478 e. The van der Waals surface area contributed by atoms with Gasteiger partial charge in [-0.3, -0.25) is 0 Å². The first-order chi connectivity index (χ1) is 8.70. The fourth-order valence-electron chi connectivity index (χ4n) is 1.45. The van der Waals surface area contributed by atoms with Gasteiger partial charge >= 0.3 is 5.97 Å². The molecule has 0 aliphatic rings. The highest BCUT2D eigenvalue weighted by molar-refractivity contribution is 7.99. The molecule has 1 aromatic heterocycles. The summed E-state index contributed by atoms with van der Waals surface area (Å²) in [6, 6.07) is 7.90. The minimum Gasteiger partial charge on any atom is -0.478 e. The second-order valence-corrected chi connectivity index (χ2v) is 4.90. The predicted molar refractivity (Wildman–Crippen MR) is 70.8 cm³/mol. The summed E-state index contributed by atoms with van der Waals surface area (Å²) in [5.41, 5.74) is 0.976. The van der Waals surface area contributed by atoms with Crippen LogP contribution in [0.4, 0.5) is 0 Å². The molecule has 0 aliphatic carbocycles. The van der Waals surface area contributed by atoms with Crippen molar-refractivity contribution >= 4 is 17.7 Å². The van der Waals surface area contributed by atoms with Crippen LogP contribution in [0.25, 0.3) is 11.4 Å². The molecule has 0 saturated heterocycles. The third kappa shape index (κ3) is 2.87. The second kappa shape index (κ2) is 5.64. The molecule has 2 rings (SSSR count). The molecule has 0 radical (unpaired) electrons. The molecule has 0 unspecified atom stereocenters. The summed E-state index contributed by atoms with van der Waals surface area (Å²) in [5.74, 6) is 0.549. The molecule has 1 heterocycles. The summed E-state index contributed by atoms with van der Waals surface area (Å²) in [5, 5.41) is 8.76. The first-order valence-electron chi connectivity index (χ1n) is 5.49. The van der Waals surface area contributed by atoms with Crippen LogP contribution in [0.2, 0.25) is 0 Å². The topological polar surface area (TPSA) is 63.1 Å². The summed E-state index contributed by atoms with van der Waals surface area (Å²) >= 11 is 1.77. The van der Waals surface area contributed by atoms with Crippen LogP contribution in [-0.4, -0.2) is 26.8 Å². The van der Waals surface area contributed by atoms with E-state index in [2.05, 4.69) is 16.9 Å². The van der Waals surface area contributed by atoms with Crippen molar-refractivity contribution in [3.05, 3.63) is 42.2 Å². The van der Waals surface area contributed by atoms with Gasteiger partial charge in [-0.05, 0) is 17.9 Å². The molecule has 0 bridgehead atoms. The number of carboxylic acids is 1. The Kier molecular flexibility index (Phi) is 3.94. The van der Waals surface area contributed by atoms with E-state index < -0.39 is 5.97 Å². The van der Waals surface area contributed by atoms with E-state index in [0.717, 1.165) is 11.3 Å². The summed E-state index contributed by atoms with van der Waals surface area (Å²) in [6.07, 6.45) is 2.64. The van der Waals surface area contributed by atoms with E-state index in [1.807, 2.05) is 24.3 Å². The molecule has 0 saturated carbocycles. The van der Waals surface area contributed by atoms with E-state index in [1.165, 1.54) is 17.3 Å². The molecule has 1 aromatic carbocycles. The lowest BCUT2D eigenvalue weighted by molar-refractivity contribution is 0.0696. The number of aromatic nitrogens is 2. The van der Waals surface area contributed by atoms with Crippen molar-refractivity contribution in [3.8, 4) is 11.4 Å². The fourth-order valence-corrected chi connectivity index (χ4v) is 2.12. The van der Waals surface area contributed by atoms with Crippen LogP contribution < -0.4 is 0 Å². The van der Waals surface area contributed by atoms with Crippen LogP contribution in [-0.2, 0) is 0 Å². The zero-order chi connectivity index (χ0) is 13.0. The van der Waals surface area contributed by atoms with Gasteiger partial charge in [0.1, 0.15) is 0 Å². The van der Waals surface area contributed by atoms with Crippen LogP contribution in [0.5, 0.6) is 0 Å². The van der Waals surface area contributed by atoms with E-state index >= 15 is 0 Å². The SMILES string of the molecule is CCSc1ccc(-c2ncc(C(=O)O)cn2)cc1. The Morgan fingerprint density at radius 2 is 1.83 bits per heavy atom. The minimum absolute atomic E-state index is 0.0944. The van der Waals surface area contributed by atoms with Gasteiger partial charge in [0, 0.05) is 22.9 Å². The number of hydrogen-bond donors (Lipinski definition) is 1. The Bertz CT molecular complexity index is 538. The van der Waals surface area contributed by atoms with Crippen LogP contribution in [0, 0.1) is 0 Å². The standard InChI is InChI=1S/C13H12N2O2S/c1-2-18-11-5-3-9(4-6-11)12-14-7-10(8-15-12)13(16)17/h3-8H,2H2,1H3,(H,16,17). The minimum atomic E-state index is -1.02. The van der Waals surface area contributed by atoms with Gasteiger partial charge in [0.15, 0.2) is 5.82 Å². The maximum atomic E-state index is 10.7. The molecule has 18 heavy (non-hydrogen) atoms. The average molecular weight is 260 g/mol. The zero-order valence-corrected chi connectivity index (χ0v) is 10.6. The van der Waals surface area contributed by atoms with Crippen LogP contribution >= 0.6 is 11.8 Å². The predicted octanol–water partition coefficient (Wildman–Crippen LogP) is 2.95. The molecule has 5 heteroatoms. The monoisotopic (exact) mass is 260 g/mol. The van der Waals surface area contributed by atoms with Gasteiger partial charge in [0.25, 0.3) is 0 Å². The Morgan fingerprint density at radius 3 is 2.33 bits per heavy atom. The Balaban J connectivity index is 2.23. The van der Waals surface area contributed by atoms with E-state index in [9.17, 15) is 4.79 Å². The van der Waals surface area contributed by atoms with Gasteiger partial charge < -0.3 is 5.11 Å². The highest BCUT2D eigenvalue weighted by atomic mass is 32.2. The van der Waals surface area contributed by atoms with Crippen molar-refractivity contribution in [2.75, 3.05) is 5.75 Å². The van der Waals surface area contributed by atoms with Gasteiger partial charge in [-0.2, -0.15) is 0 Å². The first kappa shape index (κ1) is 12.6. The van der Waals surface area contributed by atoms with Crippen LogP contribution in [0.3, 0.4) is 0 Å². The third-order valence-corrected chi connectivity index (χ3v) is 3.22. The number of hydrogen-bond acceptors (Lipinski definition) is 4. The van der Waals surface area contributed by atoms with Gasteiger partial charge in [0.05, 0.1) is 5.56 Å². The number of carboxylic acid groups (broad SMARTS) is 1. The van der Waals surface area contributed by atoms with Crippen molar-refractivity contribution in [2.45, 2.75) is 11.8 Å². The number of thioether (sulfide) groups is 1. The molecule has 0 fully saturated rings. The molecule has 1 N–H and O–H groups in total. The zero-order valence-electron chi connectivity index (χ0n) is 9.83. The first-order valence-corrected chi connectivity index (χ1v) is 6.48. The molecule has 2 aromatic rings. The van der Waals surface area contributed by atoms with E-state index in [1.54, 1.807) is 11.8 Å². The van der Waals surface area contributed by atoms with Gasteiger partial charge in [0.2, 0.25) is 0 Å². The third-order valence-electron chi connectivity index (χ3n) is 2.32. The molecule has 0 atom stereocenters. The Morgan fingerprint density at radius 1 is 1.22 bits per heavy atom. The van der Waals surface area contributed by atoms with Crippen molar-refractivity contribution in [1.82, 2.24) is 9.97 Å². The Hall–Kier alpha value is -1.88. The molecular weight excluding hydrogens is 248 g/mol. The van der Waals surface area contributed by atoms with Gasteiger partial charge in [-0.1, -0.05) is 19.1 Å². The van der Waals surface area contributed by atoms with E-state index in [-0.39, 0.29) is 5.56 Å². The Labute approximate surface area is 109 Å². The van der Waals surface area contributed by atoms with Gasteiger partial charge in [-0.15, -0.1) is 11.8 Å². The van der Waals surface area contributed by atoms with Crippen molar-refractivity contribution < 1.29 is 9.90 Å². The number of aromatic carboxylic acids is 1. The lowest BCUT2D eigenvalue weighted by atomic mass is 10.2. The number of benzene rings is 1. The molecule has 0 aliphatic heterocycles. The van der Waals surface area contributed by atoms with Gasteiger partial charge in [-0.25, -0.2) is 14.8 Å². The molecule has 4 nitrogen and oxygen atoms in total. The van der Waals surface area contributed by atoms with Crippen LogP contribution in [0.1, 0.15) is 17.3 Å². The number of rotatable bonds is 4. The average Bonchev–Trinajstić information content (AvgIpc) is 2.40. The highest BCUT2D eigenvalue weighted by Gasteiger charge is 2.05. The number of nitrogens with zero attached hydrogens (tertiary/aromatic N) is 2. The molecule has 92 valence electrons. The second-order valence-electron chi connectivity index (χ2n) is 3.56. The van der Waals surface area contributed by atoms with Crippen molar-refractivity contribution in [2.24, 2.45) is 0 Å².